The molecule has 2 fully saturated rings. The van der Waals surface area contributed by atoms with E-state index in [9.17, 15) is 0 Å². The average molecular weight is 326 g/mol. The Bertz CT molecular complexity index is 630. The molecule has 5 rings (SSSR count). The maximum atomic E-state index is 6.34. The largest absolute Gasteiger partial charge is 0.501 e. The van der Waals surface area contributed by atoms with Crippen molar-refractivity contribution in [1.29, 1.82) is 0 Å². The molecule has 4 aliphatic carbocycles. The van der Waals surface area contributed by atoms with Crippen LogP contribution in [0.25, 0.3) is 0 Å². The first-order chi connectivity index (χ1) is 11.7. The maximum absolute atomic E-state index is 6.34. The topological polar surface area (TPSA) is 18.5 Å². The van der Waals surface area contributed by atoms with E-state index in [0.717, 1.165) is 36.7 Å². The van der Waals surface area contributed by atoms with E-state index in [1.165, 1.54) is 44.3 Å². The number of methoxy groups -OCH3 is 1. The lowest BCUT2D eigenvalue weighted by molar-refractivity contribution is -0.107. The van der Waals surface area contributed by atoms with Crippen LogP contribution in [0, 0.1) is 29.1 Å². The number of allylic oxidation sites excluding steroid dienone is 4. The fourth-order valence-electron chi connectivity index (χ4n) is 7.12. The molecule has 0 saturated heterocycles. The minimum absolute atomic E-state index is 0.0579. The quantitative estimate of drug-likeness (QED) is 0.630. The zero-order valence-electron chi connectivity index (χ0n) is 15.1. The van der Waals surface area contributed by atoms with Crippen molar-refractivity contribution in [2.45, 2.75) is 57.5 Å². The van der Waals surface area contributed by atoms with Crippen LogP contribution >= 0.6 is 0 Å². The summed E-state index contributed by atoms with van der Waals surface area (Å²) >= 11 is 0. The van der Waals surface area contributed by atoms with E-state index in [1.54, 1.807) is 5.57 Å². The number of ether oxygens (including phenoxy) is 2. The van der Waals surface area contributed by atoms with Gasteiger partial charge in [-0.2, -0.15) is 0 Å². The molecule has 24 heavy (non-hydrogen) atoms. The van der Waals surface area contributed by atoms with Crippen molar-refractivity contribution in [3.63, 3.8) is 0 Å². The summed E-state index contributed by atoms with van der Waals surface area (Å²) in [5.41, 5.74) is 1.99. The highest BCUT2D eigenvalue weighted by Crippen LogP contribution is 2.66. The van der Waals surface area contributed by atoms with Crippen LogP contribution in [0.1, 0.15) is 51.9 Å². The molecule has 5 unspecified atom stereocenters. The van der Waals surface area contributed by atoms with Gasteiger partial charge in [0.15, 0.2) is 0 Å². The third-order valence-electron chi connectivity index (χ3n) is 8.36. The first-order valence-electron chi connectivity index (χ1n) is 9.93. The van der Waals surface area contributed by atoms with Crippen molar-refractivity contribution in [2.24, 2.45) is 29.1 Å². The Morgan fingerprint density at radius 2 is 2.08 bits per heavy atom. The Morgan fingerprint density at radius 1 is 1.17 bits per heavy atom. The lowest BCUT2D eigenvalue weighted by Crippen LogP contribution is -2.51. The minimum Gasteiger partial charge on any atom is -0.501 e. The standard InChI is InChI=1S/C22H30O2/c1-21-11-8-18-17-7-5-16(23-2)14-15(17)4-6-19(18)20(21)9-12-22(21)10-3-13-24-22/h3-4,10,14,17-20H,5-9,11-13H2,1-2H3/t17?,18?,19?,20?,21-,22?/m0/s1. The Morgan fingerprint density at radius 3 is 2.88 bits per heavy atom. The average Bonchev–Trinajstić information content (AvgIpc) is 3.21. The van der Waals surface area contributed by atoms with E-state index in [-0.39, 0.29) is 5.60 Å². The first kappa shape index (κ1) is 15.3. The molecule has 2 nitrogen and oxygen atoms in total. The van der Waals surface area contributed by atoms with Gasteiger partial charge in [-0.25, -0.2) is 0 Å². The molecule has 1 spiro atoms. The van der Waals surface area contributed by atoms with Gasteiger partial charge in [-0.1, -0.05) is 25.2 Å². The highest BCUT2D eigenvalue weighted by Gasteiger charge is 2.62. The number of hydrogen-bond donors (Lipinski definition) is 0. The number of hydrogen-bond acceptors (Lipinski definition) is 2. The first-order valence-corrected chi connectivity index (χ1v) is 9.93. The van der Waals surface area contributed by atoms with E-state index < -0.39 is 0 Å². The van der Waals surface area contributed by atoms with Crippen LogP contribution in [0.3, 0.4) is 0 Å². The minimum atomic E-state index is 0.0579. The third-order valence-corrected chi connectivity index (χ3v) is 8.36. The molecule has 6 atom stereocenters. The molecule has 2 heteroatoms. The molecule has 1 aliphatic heterocycles. The van der Waals surface area contributed by atoms with E-state index >= 15 is 0 Å². The third kappa shape index (κ3) is 1.87. The van der Waals surface area contributed by atoms with Gasteiger partial charge in [0.05, 0.1) is 25.1 Å². The van der Waals surface area contributed by atoms with Gasteiger partial charge >= 0.3 is 0 Å². The Kier molecular flexibility index (Phi) is 3.33. The van der Waals surface area contributed by atoms with Gasteiger partial charge in [0.25, 0.3) is 0 Å². The van der Waals surface area contributed by atoms with Crippen LogP contribution < -0.4 is 0 Å². The second-order valence-electron chi connectivity index (χ2n) is 8.93. The molecule has 1 heterocycles. The summed E-state index contributed by atoms with van der Waals surface area (Å²) < 4.78 is 11.9. The second-order valence-corrected chi connectivity index (χ2v) is 8.93. The van der Waals surface area contributed by atoms with Crippen LogP contribution in [0.4, 0.5) is 0 Å². The van der Waals surface area contributed by atoms with Crippen molar-refractivity contribution < 1.29 is 9.47 Å². The van der Waals surface area contributed by atoms with Gasteiger partial charge in [-0.05, 0) is 73.8 Å². The van der Waals surface area contributed by atoms with E-state index in [2.05, 4.69) is 31.2 Å². The lowest BCUT2D eigenvalue weighted by Gasteiger charge is -2.54. The molecule has 0 amide bonds. The Balaban J connectivity index is 1.47. The predicted octanol–water partition coefficient (Wildman–Crippen LogP) is 5.02. The van der Waals surface area contributed by atoms with Crippen molar-refractivity contribution in [3.05, 3.63) is 35.6 Å². The molecule has 5 aliphatic rings. The van der Waals surface area contributed by atoms with E-state index in [0.29, 0.717) is 5.41 Å². The van der Waals surface area contributed by atoms with Crippen molar-refractivity contribution in [1.82, 2.24) is 0 Å². The van der Waals surface area contributed by atoms with Gasteiger partial charge < -0.3 is 9.47 Å². The summed E-state index contributed by atoms with van der Waals surface area (Å²) in [4.78, 5) is 0. The van der Waals surface area contributed by atoms with E-state index in [4.69, 9.17) is 9.47 Å². The molecule has 0 aromatic rings. The zero-order chi connectivity index (χ0) is 16.4. The van der Waals surface area contributed by atoms with Gasteiger partial charge in [0.2, 0.25) is 0 Å². The molecule has 0 N–H and O–H groups in total. The number of rotatable bonds is 1. The normalized spacial score (nSPS) is 49.2. The smallest absolute Gasteiger partial charge is 0.0958 e. The number of fused-ring (bicyclic) bond motifs is 6. The highest BCUT2D eigenvalue weighted by atomic mass is 16.5. The van der Waals surface area contributed by atoms with Gasteiger partial charge in [0.1, 0.15) is 0 Å². The second kappa shape index (κ2) is 5.24. The van der Waals surface area contributed by atoms with Crippen LogP contribution in [0.5, 0.6) is 0 Å². The Hall–Kier alpha value is -1.02. The summed E-state index contributed by atoms with van der Waals surface area (Å²) in [7, 11) is 1.82. The summed E-state index contributed by atoms with van der Waals surface area (Å²) in [6, 6.07) is 0. The lowest BCUT2D eigenvalue weighted by atomic mass is 9.51. The van der Waals surface area contributed by atoms with Gasteiger partial charge in [0, 0.05) is 11.8 Å². The molecule has 130 valence electrons. The summed E-state index contributed by atoms with van der Waals surface area (Å²) in [5, 5.41) is 0. The van der Waals surface area contributed by atoms with Gasteiger partial charge in [-0.3, -0.25) is 0 Å². The molecule has 2 saturated carbocycles. The molecular weight excluding hydrogens is 296 g/mol. The maximum Gasteiger partial charge on any atom is 0.0958 e. The van der Waals surface area contributed by atoms with Gasteiger partial charge in [-0.15, -0.1) is 0 Å². The monoisotopic (exact) mass is 326 g/mol. The summed E-state index contributed by atoms with van der Waals surface area (Å²) in [5.74, 6) is 4.56. The van der Waals surface area contributed by atoms with Crippen LogP contribution in [0.2, 0.25) is 0 Å². The van der Waals surface area contributed by atoms with E-state index in [1.807, 2.05) is 7.11 Å². The molecule has 0 aromatic carbocycles. The molecular formula is C22H30O2. The van der Waals surface area contributed by atoms with Crippen molar-refractivity contribution >= 4 is 0 Å². The SMILES string of the molecule is COC1=CC2=CCC3C(CC[C@@]4(C)C3CCC43C=CCO3)C2CC1. The van der Waals surface area contributed by atoms with Crippen LogP contribution in [-0.2, 0) is 9.47 Å². The molecule has 0 aromatic heterocycles. The molecule has 0 bridgehead atoms. The molecule has 0 radical (unpaired) electrons. The highest BCUT2D eigenvalue weighted by molar-refractivity contribution is 5.32. The summed E-state index contributed by atoms with van der Waals surface area (Å²) in [6.45, 7) is 3.37. The van der Waals surface area contributed by atoms with Crippen LogP contribution in [0.15, 0.2) is 35.6 Å². The zero-order valence-corrected chi connectivity index (χ0v) is 15.1. The van der Waals surface area contributed by atoms with Crippen molar-refractivity contribution in [3.8, 4) is 0 Å². The van der Waals surface area contributed by atoms with Crippen LogP contribution in [-0.4, -0.2) is 19.3 Å². The predicted molar refractivity (Wildman–Crippen MR) is 95.4 cm³/mol. The Labute approximate surface area is 146 Å². The fraction of sp³-hybridized carbons (Fsp3) is 0.727. The summed E-state index contributed by atoms with van der Waals surface area (Å²) in [6.07, 6.45) is 18.6. The van der Waals surface area contributed by atoms with Crippen molar-refractivity contribution in [2.75, 3.05) is 13.7 Å². The fourth-order valence-corrected chi connectivity index (χ4v) is 7.12.